The number of aromatic nitrogens is 1. The Hall–Kier alpha value is -1.33. The highest BCUT2D eigenvalue weighted by Crippen LogP contribution is 2.36. The van der Waals surface area contributed by atoms with Crippen LogP contribution >= 0.6 is 0 Å². The number of rotatable bonds is 2. The van der Waals surface area contributed by atoms with Crippen LogP contribution in [0.2, 0.25) is 0 Å². The van der Waals surface area contributed by atoms with Gasteiger partial charge in [-0.3, -0.25) is 4.98 Å². The first-order chi connectivity index (χ1) is 8.30. The molecule has 0 amide bonds. The van der Waals surface area contributed by atoms with Crippen LogP contribution < -0.4 is 5.73 Å². The maximum absolute atomic E-state index is 5.86. The second-order valence-corrected chi connectivity index (χ2v) is 5.54. The zero-order valence-corrected chi connectivity index (χ0v) is 11.3. The van der Waals surface area contributed by atoms with E-state index in [4.69, 9.17) is 15.0 Å². The Bertz CT molecular complexity index is 456. The maximum atomic E-state index is 5.86. The Morgan fingerprint density at radius 2 is 1.78 bits per heavy atom. The van der Waals surface area contributed by atoms with Crippen molar-refractivity contribution in [1.82, 2.24) is 4.98 Å². The summed E-state index contributed by atoms with van der Waals surface area (Å²) in [5, 5.41) is 0. The molecule has 0 aromatic carbocycles. The van der Waals surface area contributed by atoms with Crippen molar-refractivity contribution < 1.29 is 9.31 Å². The molecule has 1 fully saturated rings. The van der Waals surface area contributed by atoms with Crippen LogP contribution in [0.25, 0.3) is 6.08 Å². The predicted octanol–water partition coefficient (Wildman–Crippen LogP) is 2.31. The van der Waals surface area contributed by atoms with Gasteiger partial charge in [-0.1, -0.05) is 12.1 Å². The summed E-state index contributed by atoms with van der Waals surface area (Å²) in [5.74, 6) is 1.88. The lowest BCUT2D eigenvalue weighted by molar-refractivity contribution is 0.00578. The van der Waals surface area contributed by atoms with E-state index in [1.807, 2.05) is 45.8 Å². The smallest absolute Gasteiger partial charge is 0.400 e. The van der Waals surface area contributed by atoms with Crippen molar-refractivity contribution in [2.45, 2.75) is 38.9 Å². The molecule has 1 aliphatic rings. The molecule has 1 aliphatic heterocycles. The van der Waals surface area contributed by atoms with Gasteiger partial charge in [0, 0.05) is 12.4 Å². The summed E-state index contributed by atoms with van der Waals surface area (Å²) in [4.78, 5) is 4.03. The minimum atomic E-state index is -0.337. The van der Waals surface area contributed by atoms with E-state index in [0.717, 1.165) is 5.56 Å². The first-order valence-electron chi connectivity index (χ1n) is 6.04. The second kappa shape index (κ2) is 4.41. The summed E-state index contributed by atoms with van der Waals surface area (Å²) in [7, 11) is -0.337. The highest BCUT2D eigenvalue weighted by atomic mass is 16.7. The van der Waals surface area contributed by atoms with Gasteiger partial charge in [0.1, 0.15) is 0 Å². The summed E-state index contributed by atoms with van der Waals surface area (Å²) < 4.78 is 11.7. The molecule has 0 saturated carbocycles. The third-order valence-corrected chi connectivity index (χ3v) is 3.50. The molecule has 0 radical (unpaired) electrons. The molecule has 18 heavy (non-hydrogen) atoms. The van der Waals surface area contributed by atoms with Crippen molar-refractivity contribution in [3.63, 3.8) is 0 Å². The van der Waals surface area contributed by atoms with E-state index in [9.17, 15) is 0 Å². The third kappa shape index (κ3) is 2.57. The highest BCUT2D eigenvalue weighted by Gasteiger charge is 2.49. The summed E-state index contributed by atoms with van der Waals surface area (Å²) in [6.07, 6.45) is 5.27. The van der Waals surface area contributed by atoms with Crippen LogP contribution in [0.4, 0.5) is 5.69 Å². The van der Waals surface area contributed by atoms with E-state index < -0.39 is 0 Å². The molecule has 0 aliphatic carbocycles. The molecule has 1 aromatic rings. The molecular weight excluding hydrogens is 227 g/mol. The van der Waals surface area contributed by atoms with Crippen LogP contribution in [-0.2, 0) is 9.31 Å². The van der Waals surface area contributed by atoms with Crippen LogP contribution in [0.5, 0.6) is 0 Å². The van der Waals surface area contributed by atoms with Crippen LogP contribution in [-0.4, -0.2) is 23.3 Å². The van der Waals surface area contributed by atoms with Crippen LogP contribution in [0, 0.1) is 0 Å². The fourth-order valence-electron chi connectivity index (χ4n) is 1.72. The van der Waals surface area contributed by atoms with Crippen molar-refractivity contribution in [3.8, 4) is 0 Å². The van der Waals surface area contributed by atoms with Crippen LogP contribution in [0.1, 0.15) is 33.3 Å². The van der Waals surface area contributed by atoms with Crippen molar-refractivity contribution in [2.24, 2.45) is 0 Å². The van der Waals surface area contributed by atoms with Crippen molar-refractivity contribution in [3.05, 3.63) is 30.0 Å². The van der Waals surface area contributed by atoms with Gasteiger partial charge in [0.15, 0.2) is 0 Å². The molecule has 1 saturated heterocycles. The lowest BCUT2D eigenvalue weighted by atomic mass is 9.89. The summed E-state index contributed by atoms with van der Waals surface area (Å²) in [6, 6.07) is 1.86. The SMILES string of the molecule is CC1(C)OB(/C=C/c2cncc(N)c2)OC1(C)C. The molecule has 2 heterocycles. The van der Waals surface area contributed by atoms with Crippen molar-refractivity contribution in [1.29, 1.82) is 0 Å². The normalized spacial score (nSPS) is 21.7. The van der Waals surface area contributed by atoms with E-state index in [-0.39, 0.29) is 18.3 Å². The highest BCUT2D eigenvalue weighted by molar-refractivity contribution is 6.52. The predicted molar refractivity (Wildman–Crippen MR) is 73.8 cm³/mol. The van der Waals surface area contributed by atoms with Crippen LogP contribution in [0.15, 0.2) is 24.4 Å². The van der Waals surface area contributed by atoms with Crippen molar-refractivity contribution in [2.75, 3.05) is 5.73 Å². The molecule has 5 heteroatoms. The molecular formula is C13H19BN2O2. The fourth-order valence-corrected chi connectivity index (χ4v) is 1.72. The molecule has 1 aromatic heterocycles. The lowest BCUT2D eigenvalue weighted by Gasteiger charge is -2.32. The van der Waals surface area contributed by atoms with Gasteiger partial charge in [0.2, 0.25) is 0 Å². The quantitative estimate of drug-likeness (QED) is 0.813. The zero-order valence-electron chi connectivity index (χ0n) is 11.3. The van der Waals surface area contributed by atoms with Gasteiger partial charge in [-0.05, 0) is 39.3 Å². The summed E-state index contributed by atoms with van der Waals surface area (Å²) in [6.45, 7) is 8.12. The van der Waals surface area contributed by atoms with Crippen LogP contribution in [0.3, 0.4) is 0 Å². The van der Waals surface area contributed by atoms with E-state index in [2.05, 4.69) is 4.98 Å². The van der Waals surface area contributed by atoms with Gasteiger partial charge in [0.05, 0.1) is 16.9 Å². The van der Waals surface area contributed by atoms with E-state index in [1.165, 1.54) is 0 Å². The monoisotopic (exact) mass is 246 g/mol. The number of hydrogen-bond donors (Lipinski definition) is 1. The van der Waals surface area contributed by atoms with Crippen molar-refractivity contribution >= 4 is 18.9 Å². The third-order valence-electron chi connectivity index (χ3n) is 3.50. The summed E-state index contributed by atoms with van der Waals surface area (Å²) >= 11 is 0. The Labute approximate surface area is 108 Å². The van der Waals surface area contributed by atoms with Gasteiger partial charge in [-0.2, -0.15) is 0 Å². The second-order valence-electron chi connectivity index (χ2n) is 5.54. The Morgan fingerprint density at radius 3 is 2.33 bits per heavy atom. The standard InChI is InChI=1S/C13H19BN2O2/c1-12(2)13(3,4)18-14(17-12)6-5-10-7-11(15)9-16-8-10/h5-9H,15H2,1-4H3/b6-5+. The average molecular weight is 246 g/mol. The van der Waals surface area contributed by atoms with Gasteiger partial charge in [0.25, 0.3) is 0 Å². The van der Waals surface area contributed by atoms with Gasteiger partial charge >= 0.3 is 7.12 Å². The Balaban J connectivity index is 2.08. The molecule has 96 valence electrons. The average Bonchev–Trinajstić information content (AvgIpc) is 2.45. The number of nitrogens with zero attached hydrogens (tertiary/aromatic N) is 1. The largest absolute Gasteiger partial charge is 0.487 e. The number of anilines is 1. The molecule has 0 spiro atoms. The summed E-state index contributed by atoms with van der Waals surface area (Å²) in [5.41, 5.74) is 6.63. The Morgan fingerprint density at radius 1 is 1.17 bits per heavy atom. The molecule has 0 bridgehead atoms. The number of nitrogens with two attached hydrogens (primary N) is 1. The first kappa shape index (κ1) is 13.1. The zero-order chi connectivity index (χ0) is 13.4. The van der Waals surface area contributed by atoms with Gasteiger partial charge in [-0.15, -0.1) is 0 Å². The molecule has 4 nitrogen and oxygen atoms in total. The number of nitrogen functional groups attached to an aromatic ring is 1. The van der Waals surface area contributed by atoms with Gasteiger partial charge < -0.3 is 15.0 Å². The molecule has 2 N–H and O–H groups in total. The topological polar surface area (TPSA) is 57.4 Å². The molecule has 0 atom stereocenters. The fraction of sp³-hybridized carbons (Fsp3) is 0.462. The van der Waals surface area contributed by atoms with E-state index >= 15 is 0 Å². The lowest BCUT2D eigenvalue weighted by Crippen LogP contribution is -2.41. The van der Waals surface area contributed by atoms with E-state index in [1.54, 1.807) is 12.4 Å². The molecule has 2 rings (SSSR count). The Kier molecular flexibility index (Phi) is 3.21. The minimum Gasteiger partial charge on any atom is -0.400 e. The number of hydrogen-bond acceptors (Lipinski definition) is 4. The first-order valence-corrected chi connectivity index (χ1v) is 6.04. The van der Waals surface area contributed by atoms with Gasteiger partial charge in [-0.25, -0.2) is 0 Å². The number of pyridine rings is 1. The molecule has 0 unspecified atom stereocenters. The minimum absolute atomic E-state index is 0.310. The van der Waals surface area contributed by atoms with E-state index in [0.29, 0.717) is 5.69 Å². The maximum Gasteiger partial charge on any atom is 0.487 e.